The lowest BCUT2D eigenvalue weighted by atomic mass is 10.0. The maximum atomic E-state index is 12.8. The van der Waals surface area contributed by atoms with Crippen molar-refractivity contribution in [1.29, 1.82) is 0 Å². The summed E-state index contributed by atoms with van der Waals surface area (Å²) in [5, 5.41) is 0. The second kappa shape index (κ2) is 5.93. The minimum atomic E-state index is -4.52. The smallest absolute Gasteiger partial charge is 0.335 e. The summed E-state index contributed by atoms with van der Waals surface area (Å²) in [6.07, 6.45) is -4.52. The fourth-order valence-corrected chi connectivity index (χ4v) is 2.08. The summed E-state index contributed by atoms with van der Waals surface area (Å²) in [5.41, 5.74) is -1.55. The number of halogens is 5. The van der Waals surface area contributed by atoms with Crippen LogP contribution >= 0.6 is 27.5 Å². The molecule has 7 heteroatoms. The Morgan fingerprint density at radius 3 is 2.35 bits per heavy atom. The Labute approximate surface area is 129 Å². The maximum Gasteiger partial charge on any atom is 0.417 e. The van der Waals surface area contributed by atoms with Crippen molar-refractivity contribution >= 4 is 33.4 Å². The van der Waals surface area contributed by atoms with Gasteiger partial charge in [0, 0.05) is 23.0 Å². The number of carbonyl (C=O) groups excluding carboxylic acids is 1. The molecule has 20 heavy (non-hydrogen) atoms. The highest BCUT2D eigenvalue weighted by molar-refractivity contribution is 9.10. The van der Waals surface area contributed by atoms with Gasteiger partial charge in [-0.2, -0.15) is 13.2 Å². The lowest BCUT2D eigenvalue weighted by Crippen LogP contribution is -2.46. The lowest BCUT2D eigenvalue weighted by Gasteiger charge is -2.34. The summed E-state index contributed by atoms with van der Waals surface area (Å²) >= 11 is 8.61. The molecule has 0 aromatic heterocycles. The highest BCUT2D eigenvalue weighted by atomic mass is 79.9. The zero-order valence-electron chi connectivity index (χ0n) is 11.2. The first kappa shape index (κ1) is 17.3. The van der Waals surface area contributed by atoms with Crippen molar-refractivity contribution in [2.24, 2.45) is 0 Å². The molecule has 0 bridgehead atoms. The van der Waals surface area contributed by atoms with Crippen molar-refractivity contribution in [3.63, 3.8) is 0 Å². The van der Waals surface area contributed by atoms with Crippen LogP contribution in [0.25, 0.3) is 0 Å². The van der Waals surface area contributed by atoms with Crippen LogP contribution in [0.4, 0.5) is 13.2 Å². The Kier molecular flexibility index (Phi) is 5.13. The average Bonchev–Trinajstić information content (AvgIpc) is 2.36. The van der Waals surface area contributed by atoms with Gasteiger partial charge in [-0.05, 0) is 32.0 Å². The van der Waals surface area contributed by atoms with E-state index in [0.29, 0.717) is 0 Å². The Balaban J connectivity index is 3.19. The van der Waals surface area contributed by atoms with E-state index in [2.05, 4.69) is 15.9 Å². The van der Waals surface area contributed by atoms with Crippen molar-refractivity contribution < 1.29 is 18.0 Å². The minimum Gasteiger partial charge on any atom is -0.335 e. The van der Waals surface area contributed by atoms with Gasteiger partial charge in [0.15, 0.2) is 0 Å². The van der Waals surface area contributed by atoms with Gasteiger partial charge in [-0.3, -0.25) is 4.79 Å². The summed E-state index contributed by atoms with van der Waals surface area (Å²) in [4.78, 5) is 13.6. The topological polar surface area (TPSA) is 20.3 Å². The van der Waals surface area contributed by atoms with E-state index < -0.39 is 23.2 Å². The highest BCUT2D eigenvalue weighted by Gasteiger charge is 2.34. The van der Waals surface area contributed by atoms with Crippen LogP contribution in [0.15, 0.2) is 22.7 Å². The zero-order valence-corrected chi connectivity index (χ0v) is 13.5. The zero-order chi connectivity index (χ0) is 15.7. The van der Waals surface area contributed by atoms with Crippen LogP contribution in [0, 0.1) is 0 Å². The molecular weight excluding hydrogens is 359 g/mol. The monoisotopic (exact) mass is 371 g/mol. The quantitative estimate of drug-likeness (QED) is 0.713. The van der Waals surface area contributed by atoms with Gasteiger partial charge in [0.05, 0.1) is 11.1 Å². The molecule has 112 valence electrons. The first-order chi connectivity index (χ1) is 9.00. The second-order valence-electron chi connectivity index (χ2n) is 5.00. The molecule has 0 fully saturated rings. The molecule has 0 aliphatic carbocycles. The van der Waals surface area contributed by atoms with Crippen LogP contribution in [-0.2, 0) is 6.18 Å². The predicted molar refractivity (Wildman–Crippen MR) is 76.0 cm³/mol. The predicted octanol–water partition coefficient (Wildman–Crippen LogP) is 4.56. The molecule has 0 saturated heterocycles. The van der Waals surface area contributed by atoms with E-state index in [1.165, 1.54) is 24.1 Å². The van der Waals surface area contributed by atoms with E-state index in [4.69, 9.17) is 11.6 Å². The number of rotatable bonds is 3. The molecular formula is C13H14BrClF3NO. The lowest BCUT2D eigenvalue weighted by molar-refractivity contribution is -0.138. The summed E-state index contributed by atoms with van der Waals surface area (Å²) in [6.45, 7) is 3.48. The number of carbonyl (C=O) groups is 1. The molecule has 1 aromatic carbocycles. The molecule has 0 aliphatic rings. The van der Waals surface area contributed by atoms with Crippen LogP contribution in [0.5, 0.6) is 0 Å². The van der Waals surface area contributed by atoms with Crippen molar-refractivity contribution in [3.8, 4) is 0 Å². The molecule has 0 heterocycles. The number of alkyl halides is 4. The van der Waals surface area contributed by atoms with Gasteiger partial charge in [-0.1, -0.05) is 15.9 Å². The molecule has 2 nitrogen and oxygen atoms in total. The number of nitrogens with zero attached hydrogens (tertiary/aromatic N) is 1. The summed E-state index contributed by atoms with van der Waals surface area (Å²) in [7, 11) is 1.51. The van der Waals surface area contributed by atoms with E-state index in [-0.39, 0.29) is 15.9 Å². The minimum absolute atomic E-state index is 0.0267. The van der Waals surface area contributed by atoms with Gasteiger partial charge in [-0.25, -0.2) is 0 Å². The standard InChI is InChI=1S/C13H14BrClF3NO/c1-12(2,7-15)19(3)11(20)8-4-5-10(14)9(6-8)13(16,17)18/h4-6H,7H2,1-3H3. The molecule has 1 amide bonds. The van der Waals surface area contributed by atoms with E-state index in [9.17, 15) is 18.0 Å². The Hall–Kier alpha value is -0.750. The molecule has 0 N–H and O–H groups in total. The molecule has 0 saturated carbocycles. The maximum absolute atomic E-state index is 12.8. The van der Waals surface area contributed by atoms with Gasteiger partial charge in [0.1, 0.15) is 0 Å². The fourth-order valence-electron chi connectivity index (χ4n) is 1.43. The normalized spacial score (nSPS) is 12.4. The molecule has 0 aliphatic heterocycles. The third-order valence-electron chi connectivity index (χ3n) is 3.06. The molecule has 1 aromatic rings. The summed E-state index contributed by atoms with van der Waals surface area (Å²) < 4.78 is 38.4. The molecule has 0 unspecified atom stereocenters. The number of hydrogen-bond acceptors (Lipinski definition) is 1. The Morgan fingerprint density at radius 2 is 1.90 bits per heavy atom. The van der Waals surface area contributed by atoms with Gasteiger partial charge >= 0.3 is 6.18 Å². The number of benzene rings is 1. The van der Waals surface area contributed by atoms with Crippen LogP contribution in [-0.4, -0.2) is 29.3 Å². The van der Waals surface area contributed by atoms with E-state index in [1.807, 2.05) is 0 Å². The van der Waals surface area contributed by atoms with Crippen molar-refractivity contribution in [3.05, 3.63) is 33.8 Å². The molecule has 0 atom stereocenters. The molecule has 1 rings (SSSR count). The van der Waals surface area contributed by atoms with Crippen LogP contribution in [0.2, 0.25) is 0 Å². The Bertz CT molecular complexity index is 517. The van der Waals surface area contributed by atoms with Crippen molar-refractivity contribution in [1.82, 2.24) is 4.90 Å². The number of hydrogen-bond donors (Lipinski definition) is 0. The summed E-state index contributed by atoms with van der Waals surface area (Å²) in [6, 6.07) is 3.41. The van der Waals surface area contributed by atoms with Gasteiger partial charge in [0.25, 0.3) is 5.91 Å². The second-order valence-corrected chi connectivity index (χ2v) is 6.12. The van der Waals surface area contributed by atoms with Gasteiger partial charge in [0.2, 0.25) is 0 Å². The fraction of sp³-hybridized carbons (Fsp3) is 0.462. The summed E-state index contributed by atoms with van der Waals surface area (Å²) in [5.74, 6) is -0.327. The highest BCUT2D eigenvalue weighted by Crippen LogP contribution is 2.35. The van der Waals surface area contributed by atoms with E-state index in [1.54, 1.807) is 13.8 Å². The third-order valence-corrected chi connectivity index (χ3v) is 4.40. The van der Waals surface area contributed by atoms with E-state index >= 15 is 0 Å². The van der Waals surface area contributed by atoms with Gasteiger partial charge in [-0.15, -0.1) is 11.6 Å². The number of amides is 1. The first-order valence-corrected chi connectivity index (χ1v) is 7.04. The third kappa shape index (κ3) is 3.67. The van der Waals surface area contributed by atoms with Crippen molar-refractivity contribution in [2.45, 2.75) is 25.6 Å². The Morgan fingerprint density at radius 1 is 1.35 bits per heavy atom. The van der Waals surface area contributed by atoms with Gasteiger partial charge < -0.3 is 4.90 Å². The van der Waals surface area contributed by atoms with Crippen molar-refractivity contribution in [2.75, 3.05) is 12.9 Å². The average molecular weight is 373 g/mol. The van der Waals surface area contributed by atoms with Crippen LogP contribution < -0.4 is 0 Å². The molecule has 0 radical (unpaired) electrons. The van der Waals surface area contributed by atoms with Crippen LogP contribution in [0.1, 0.15) is 29.8 Å². The van der Waals surface area contributed by atoms with E-state index in [0.717, 1.165) is 6.07 Å². The largest absolute Gasteiger partial charge is 0.417 e. The first-order valence-electron chi connectivity index (χ1n) is 5.71. The van der Waals surface area contributed by atoms with Crippen LogP contribution in [0.3, 0.4) is 0 Å². The molecule has 0 spiro atoms. The SMILES string of the molecule is CN(C(=O)c1ccc(Br)c(C(F)(F)F)c1)C(C)(C)CCl.